The molecule has 1 aliphatic carbocycles. The largest absolute Gasteiger partial charge is 0.384 e. The van der Waals surface area contributed by atoms with Crippen LogP contribution in [0.25, 0.3) is 11.1 Å². The average molecular weight is 954 g/mol. The molecule has 0 radical (unpaired) electrons. The Hall–Kier alpha value is -6.81. The van der Waals surface area contributed by atoms with Gasteiger partial charge in [0.2, 0.25) is 17.7 Å². The van der Waals surface area contributed by atoms with E-state index in [1.165, 1.54) is 6.21 Å². The summed E-state index contributed by atoms with van der Waals surface area (Å²) in [5, 5.41) is 20.3. The number of anilines is 3. The van der Waals surface area contributed by atoms with E-state index < -0.39 is 29.7 Å². The first-order valence-electron chi connectivity index (χ1n) is 24.9. The minimum Gasteiger partial charge on any atom is -0.384 e. The SMILES string of the molecule is CC1=CC(C)=C(CCC(=O)c2cc(-c3ccc(N4CCN(CCNC(=O)CCCCCCCCNc5cccc6c5C(=O)N(C5CCC(=O)NC5=O)C6=O)CC4)nc3)cc(NC(C)C)c2C=N)C(=O)C1. The third-order valence-electron chi connectivity index (χ3n) is 13.5. The predicted octanol–water partition coefficient (Wildman–Crippen LogP) is 7.25. The van der Waals surface area contributed by atoms with Crippen molar-refractivity contribution in [3.63, 3.8) is 0 Å². The van der Waals surface area contributed by atoms with Crippen LogP contribution in [0.4, 0.5) is 17.2 Å². The van der Waals surface area contributed by atoms with Crippen LogP contribution in [0.3, 0.4) is 0 Å². The van der Waals surface area contributed by atoms with E-state index in [0.717, 1.165) is 104 Å². The second-order valence-corrected chi connectivity index (χ2v) is 19.2. The molecule has 4 heterocycles. The monoisotopic (exact) mass is 954 g/mol. The number of amides is 5. The molecule has 0 saturated carbocycles. The number of imide groups is 2. The summed E-state index contributed by atoms with van der Waals surface area (Å²) in [5.74, 6) is -1.17. The molecule has 2 saturated heterocycles. The quantitative estimate of drug-likeness (QED) is 0.0275. The first-order valence-corrected chi connectivity index (χ1v) is 24.9. The summed E-state index contributed by atoms with van der Waals surface area (Å²) in [6.07, 6.45) is 12.4. The molecule has 3 aromatic rings. The number of hydrogen-bond acceptors (Lipinski definition) is 13. The molecule has 370 valence electrons. The van der Waals surface area contributed by atoms with Crippen molar-refractivity contribution in [1.82, 2.24) is 25.4 Å². The molecule has 1 unspecified atom stereocenters. The van der Waals surface area contributed by atoms with Crippen molar-refractivity contribution in [2.45, 2.75) is 117 Å². The summed E-state index contributed by atoms with van der Waals surface area (Å²) in [5.41, 5.74) is 7.12. The normalized spacial score (nSPS) is 17.5. The highest BCUT2D eigenvalue weighted by atomic mass is 16.2. The van der Waals surface area contributed by atoms with Gasteiger partial charge in [-0.1, -0.05) is 43.4 Å². The molecule has 2 aromatic carbocycles. The second-order valence-electron chi connectivity index (χ2n) is 19.2. The van der Waals surface area contributed by atoms with Crippen LogP contribution in [0.5, 0.6) is 0 Å². The molecule has 1 aromatic heterocycles. The zero-order valence-corrected chi connectivity index (χ0v) is 41.0. The van der Waals surface area contributed by atoms with Crippen LogP contribution >= 0.6 is 0 Å². The molecular weight excluding hydrogens is 887 g/mol. The van der Waals surface area contributed by atoms with Crippen LogP contribution < -0.4 is 26.2 Å². The van der Waals surface area contributed by atoms with E-state index in [2.05, 4.69) is 31.1 Å². The number of aromatic nitrogens is 1. The first-order chi connectivity index (χ1) is 33.7. The number of rotatable bonds is 23. The Labute approximate surface area is 410 Å². The van der Waals surface area contributed by atoms with E-state index in [4.69, 9.17) is 10.4 Å². The van der Waals surface area contributed by atoms with Crippen LogP contribution in [0.15, 0.2) is 71.5 Å². The maximum absolute atomic E-state index is 13.8. The van der Waals surface area contributed by atoms with E-state index >= 15 is 0 Å². The molecule has 16 nitrogen and oxygen atoms in total. The number of carbonyl (C=O) groups is 7. The topological polar surface area (TPSA) is 214 Å². The van der Waals surface area contributed by atoms with Crippen LogP contribution in [0, 0.1) is 5.41 Å². The van der Waals surface area contributed by atoms with Gasteiger partial charge in [0.25, 0.3) is 11.8 Å². The zero-order valence-electron chi connectivity index (χ0n) is 41.0. The number of piperazine rings is 1. The second kappa shape index (κ2) is 23.7. The third-order valence-corrected chi connectivity index (χ3v) is 13.5. The number of ketones is 2. The van der Waals surface area contributed by atoms with E-state index in [0.29, 0.717) is 60.4 Å². The highest BCUT2D eigenvalue weighted by Gasteiger charge is 2.45. The van der Waals surface area contributed by atoms with Crippen molar-refractivity contribution >= 4 is 64.5 Å². The van der Waals surface area contributed by atoms with Gasteiger partial charge in [0.15, 0.2) is 11.6 Å². The first kappa shape index (κ1) is 51.1. The molecule has 5 amide bonds. The minimum absolute atomic E-state index is 0.0687. The molecule has 2 fully saturated rings. The highest BCUT2D eigenvalue weighted by Crippen LogP contribution is 2.34. The van der Waals surface area contributed by atoms with Crippen LogP contribution in [-0.4, -0.2) is 120 Å². The summed E-state index contributed by atoms with van der Waals surface area (Å²) in [7, 11) is 0. The number of benzene rings is 2. The lowest BCUT2D eigenvalue weighted by Crippen LogP contribution is -2.54. The Morgan fingerprint density at radius 1 is 0.871 bits per heavy atom. The summed E-state index contributed by atoms with van der Waals surface area (Å²) in [4.78, 5) is 100. The van der Waals surface area contributed by atoms with E-state index in [-0.39, 0.29) is 53.9 Å². The average Bonchev–Trinajstić information content (AvgIpc) is 3.58. The summed E-state index contributed by atoms with van der Waals surface area (Å²) < 4.78 is 0. The lowest BCUT2D eigenvalue weighted by atomic mass is 9.88. The molecular formula is C54H67N9O7. The summed E-state index contributed by atoms with van der Waals surface area (Å²) >= 11 is 0. The van der Waals surface area contributed by atoms with Gasteiger partial charge >= 0.3 is 0 Å². The van der Waals surface area contributed by atoms with Gasteiger partial charge < -0.3 is 26.3 Å². The minimum atomic E-state index is -0.997. The van der Waals surface area contributed by atoms with Crippen molar-refractivity contribution in [1.29, 1.82) is 5.41 Å². The number of carbonyl (C=O) groups excluding carboxylic acids is 7. The molecule has 7 rings (SSSR count). The number of Topliss-reactive ketones (excluding diaryl/α,β-unsaturated/α-hetero) is 2. The maximum atomic E-state index is 13.8. The maximum Gasteiger partial charge on any atom is 0.264 e. The lowest BCUT2D eigenvalue weighted by molar-refractivity contribution is -0.136. The molecule has 5 N–H and O–H groups in total. The Bertz CT molecular complexity index is 2580. The molecule has 70 heavy (non-hydrogen) atoms. The zero-order chi connectivity index (χ0) is 49.9. The molecule has 0 bridgehead atoms. The van der Waals surface area contributed by atoms with E-state index in [1.807, 2.05) is 64.2 Å². The molecule has 0 spiro atoms. The Morgan fingerprint density at radius 3 is 2.33 bits per heavy atom. The summed E-state index contributed by atoms with van der Waals surface area (Å²) in [6.45, 7) is 13.2. The van der Waals surface area contributed by atoms with Gasteiger partial charge in [-0.05, 0) is 106 Å². The molecule has 16 heteroatoms. The van der Waals surface area contributed by atoms with Crippen molar-refractivity contribution in [3.8, 4) is 11.1 Å². The Balaban J connectivity index is 0.782. The number of nitrogens with zero attached hydrogens (tertiary/aromatic N) is 4. The van der Waals surface area contributed by atoms with Gasteiger partial charge in [-0.3, -0.25) is 48.7 Å². The van der Waals surface area contributed by atoms with Crippen LogP contribution in [0.1, 0.15) is 141 Å². The summed E-state index contributed by atoms with van der Waals surface area (Å²) in [6, 6.07) is 12.0. The van der Waals surface area contributed by atoms with Gasteiger partial charge in [0.05, 0.1) is 11.1 Å². The van der Waals surface area contributed by atoms with Gasteiger partial charge in [0.1, 0.15) is 11.9 Å². The van der Waals surface area contributed by atoms with Gasteiger partial charge in [-0.15, -0.1) is 0 Å². The van der Waals surface area contributed by atoms with Gasteiger partial charge in [-0.2, -0.15) is 0 Å². The number of allylic oxidation sites excluding steroid dienone is 4. The Kier molecular flexibility index (Phi) is 17.3. The molecule has 4 aliphatic rings. The number of piperidine rings is 1. The highest BCUT2D eigenvalue weighted by molar-refractivity contribution is 6.25. The predicted molar refractivity (Wildman–Crippen MR) is 272 cm³/mol. The number of nitrogens with one attached hydrogen (secondary N) is 5. The van der Waals surface area contributed by atoms with Crippen molar-refractivity contribution in [2.75, 3.05) is 61.3 Å². The lowest BCUT2D eigenvalue weighted by Gasteiger charge is -2.35. The van der Waals surface area contributed by atoms with Gasteiger partial charge in [-0.25, -0.2) is 4.98 Å². The number of hydrogen-bond donors (Lipinski definition) is 5. The van der Waals surface area contributed by atoms with Crippen LogP contribution in [0.2, 0.25) is 0 Å². The number of pyridine rings is 1. The fraction of sp³-hybridized carbons (Fsp3) is 0.463. The fourth-order valence-electron chi connectivity index (χ4n) is 9.82. The van der Waals surface area contributed by atoms with Crippen LogP contribution in [-0.2, 0) is 19.2 Å². The van der Waals surface area contributed by atoms with Gasteiger partial charge in [0, 0.05) is 118 Å². The van der Waals surface area contributed by atoms with Crippen molar-refractivity contribution < 1.29 is 33.6 Å². The number of fused-ring (bicyclic) bond motifs is 1. The van der Waals surface area contributed by atoms with E-state index in [1.54, 1.807) is 18.2 Å². The fourth-order valence-corrected chi connectivity index (χ4v) is 9.82. The third kappa shape index (κ3) is 12.5. The number of unbranched alkanes of at least 4 members (excludes halogenated alkanes) is 5. The molecule has 1 atom stereocenters. The smallest absolute Gasteiger partial charge is 0.264 e. The van der Waals surface area contributed by atoms with E-state index in [9.17, 15) is 33.6 Å². The standard InChI is InChI=1S/C54H67N9O7/c1-34(2)59-44-31-38(30-41(42(44)32-55)46(64)18-16-39-36(4)28-35(3)29-47(39)65)37-15-19-48(58-33-37)62-26-24-61(25-27-62)23-22-57-49(66)14-9-7-5-6-8-10-21-56-43-13-11-12-40-51(43)54(70)63(53(40)69)45-17-20-50(67)60-52(45)68/h11-13,15,19,28,30-34,45,55-56,59H,5-10,14,16-18,20-27,29H2,1-4H3,(H,57,66)(H,60,67,68). The van der Waals surface area contributed by atoms with Crippen molar-refractivity contribution in [2.24, 2.45) is 0 Å². The molecule has 3 aliphatic heterocycles. The Morgan fingerprint density at radius 2 is 1.63 bits per heavy atom. The van der Waals surface area contributed by atoms with Crippen molar-refractivity contribution in [3.05, 3.63) is 93.7 Å².